The second-order valence-electron chi connectivity index (χ2n) is 5.34. The Morgan fingerprint density at radius 2 is 2.14 bits per heavy atom. The molecule has 1 N–H and O–H groups in total. The largest absolute Gasteiger partial charge is 0.478 e. The lowest BCUT2D eigenvalue weighted by Crippen LogP contribution is -2.33. The van der Waals surface area contributed by atoms with Crippen LogP contribution >= 0.6 is 0 Å². The van der Waals surface area contributed by atoms with Crippen LogP contribution in [-0.2, 0) is 6.42 Å². The molecule has 2 aromatic rings. The molecule has 0 spiro atoms. The highest BCUT2D eigenvalue weighted by Crippen LogP contribution is 2.35. The zero-order valence-corrected chi connectivity index (χ0v) is 12.0. The third kappa shape index (κ3) is 2.49. The standard InChI is InChI=1S/C17H18N2O2/c1-12(15-8-2-3-10-18-15)19-11-5-7-13-14(17(20)21)6-4-9-16(13)19/h2-4,6,8-10,12H,5,7,11H2,1H3,(H,20,21). The first-order valence-corrected chi connectivity index (χ1v) is 7.21. The van der Waals surface area contributed by atoms with Crippen LogP contribution in [0.3, 0.4) is 0 Å². The molecule has 2 heterocycles. The van der Waals surface area contributed by atoms with Crippen LogP contribution in [0.5, 0.6) is 0 Å². The third-order valence-corrected chi connectivity index (χ3v) is 4.10. The van der Waals surface area contributed by atoms with Crippen molar-refractivity contribution in [2.45, 2.75) is 25.8 Å². The number of aromatic nitrogens is 1. The second kappa shape index (κ2) is 5.56. The number of carbonyl (C=O) groups is 1. The molecule has 1 aliphatic rings. The van der Waals surface area contributed by atoms with Crippen molar-refractivity contribution >= 4 is 11.7 Å². The first-order valence-electron chi connectivity index (χ1n) is 7.21. The summed E-state index contributed by atoms with van der Waals surface area (Å²) in [5.74, 6) is -0.848. The third-order valence-electron chi connectivity index (χ3n) is 4.10. The smallest absolute Gasteiger partial charge is 0.336 e. The fourth-order valence-corrected chi connectivity index (χ4v) is 3.04. The summed E-state index contributed by atoms with van der Waals surface area (Å²) in [7, 11) is 0. The van der Waals surface area contributed by atoms with Crippen molar-refractivity contribution in [2.24, 2.45) is 0 Å². The van der Waals surface area contributed by atoms with Gasteiger partial charge in [0.15, 0.2) is 0 Å². The summed E-state index contributed by atoms with van der Waals surface area (Å²) in [4.78, 5) is 18.1. The van der Waals surface area contributed by atoms with E-state index in [1.807, 2.05) is 30.3 Å². The van der Waals surface area contributed by atoms with E-state index in [9.17, 15) is 9.90 Å². The van der Waals surface area contributed by atoms with Crippen LogP contribution in [0.1, 0.15) is 41.0 Å². The number of anilines is 1. The van der Waals surface area contributed by atoms with E-state index in [0.717, 1.165) is 36.3 Å². The molecule has 4 nitrogen and oxygen atoms in total. The van der Waals surface area contributed by atoms with Crippen LogP contribution in [-0.4, -0.2) is 22.6 Å². The quantitative estimate of drug-likeness (QED) is 0.938. The summed E-state index contributed by atoms with van der Waals surface area (Å²) >= 11 is 0. The minimum Gasteiger partial charge on any atom is -0.478 e. The molecule has 1 aromatic carbocycles. The number of benzene rings is 1. The molecule has 0 fully saturated rings. The van der Waals surface area contributed by atoms with Gasteiger partial charge in [-0.3, -0.25) is 4.98 Å². The first kappa shape index (κ1) is 13.6. The lowest BCUT2D eigenvalue weighted by Gasteiger charge is -2.36. The zero-order chi connectivity index (χ0) is 14.8. The van der Waals surface area contributed by atoms with Gasteiger partial charge >= 0.3 is 5.97 Å². The molecule has 0 radical (unpaired) electrons. The molecule has 3 rings (SSSR count). The van der Waals surface area contributed by atoms with Crippen molar-refractivity contribution in [3.8, 4) is 0 Å². The summed E-state index contributed by atoms with van der Waals surface area (Å²) in [5, 5.41) is 9.35. The molecule has 0 saturated carbocycles. The van der Waals surface area contributed by atoms with E-state index in [0.29, 0.717) is 5.56 Å². The Balaban J connectivity index is 2.01. The summed E-state index contributed by atoms with van der Waals surface area (Å²) in [6.07, 6.45) is 3.59. The van der Waals surface area contributed by atoms with Crippen molar-refractivity contribution < 1.29 is 9.90 Å². The van der Waals surface area contributed by atoms with Gasteiger partial charge in [0.1, 0.15) is 0 Å². The SMILES string of the molecule is CC(c1ccccn1)N1CCCc2c(C(=O)O)cccc21. The van der Waals surface area contributed by atoms with Gasteiger partial charge in [0, 0.05) is 18.4 Å². The average Bonchev–Trinajstić information content (AvgIpc) is 2.53. The zero-order valence-electron chi connectivity index (χ0n) is 12.0. The molecule has 1 aromatic heterocycles. The fourth-order valence-electron chi connectivity index (χ4n) is 3.04. The van der Waals surface area contributed by atoms with Crippen LogP contribution < -0.4 is 4.90 Å². The summed E-state index contributed by atoms with van der Waals surface area (Å²) in [5.41, 5.74) is 3.40. The highest BCUT2D eigenvalue weighted by Gasteiger charge is 2.26. The average molecular weight is 282 g/mol. The molecule has 108 valence electrons. The Kier molecular flexibility index (Phi) is 3.60. The Morgan fingerprint density at radius 3 is 2.86 bits per heavy atom. The van der Waals surface area contributed by atoms with Gasteiger partial charge in [-0.2, -0.15) is 0 Å². The number of nitrogens with zero attached hydrogens (tertiary/aromatic N) is 2. The van der Waals surface area contributed by atoms with Gasteiger partial charge in [-0.05, 0) is 49.6 Å². The number of hydrogen-bond acceptors (Lipinski definition) is 3. The fraction of sp³-hybridized carbons (Fsp3) is 0.294. The van der Waals surface area contributed by atoms with Crippen molar-refractivity contribution in [3.05, 3.63) is 59.4 Å². The van der Waals surface area contributed by atoms with Gasteiger partial charge < -0.3 is 10.0 Å². The first-order chi connectivity index (χ1) is 10.2. The van der Waals surface area contributed by atoms with Crippen LogP contribution in [0.25, 0.3) is 0 Å². The molecule has 1 aliphatic heterocycles. The van der Waals surface area contributed by atoms with Gasteiger partial charge in [0.05, 0.1) is 17.3 Å². The molecular formula is C17H18N2O2. The van der Waals surface area contributed by atoms with Gasteiger partial charge in [-0.1, -0.05) is 12.1 Å². The Labute approximate surface area is 124 Å². The minimum absolute atomic E-state index is 0.134. The monoisotopic (exact) mass is 282 g/mol. The lowest BCUT2D eigenvalue weighted by atomic mass is 9.94. The van der Waals surface area contributed by atoms with Crippen LogP contribution in [0.15, 0.2) is 42.6 Å². The van der Waals surface area contributed by atoms with Gasteiger partial charge in [-0.25, -0.2) is 4.79 Å². The summed E-state index contributed by atoms with van der Waals surface area (Å²) < 4.78 is 0. The van der Waals surface area contributed by atoms with Crippen LogP contribution in [0.2, 0.25) is 0 Å². The number of hydrogen-bond donors (Lipinski definition) is 1. The second-order valence-corrected chi connectivity index (χ2v) is 5.34. The molecule has 0 aliphatic carbocycles. The van der Waals surface area contributed by atoms with E-state index in [1.165, 1.54) is 0 Å². The molecule has 0 saturated heterocycles. The highest BCUT2D eigenvalue weighted by atomic mass is 16.4. The normalized spacial score (nSPS) is 15.4. The molecule has 1 unspecified atom stereocenters. The van der Waals surface area contributed by atoms with Gasteiger partial charge in [0.2, 0.25) is 0 Å². The van der Waals surface area contributed by atoms with Crippen molar-refractivity contribution in [1.29, 1.82) is 0 Å². The predicted molar refractivity (Wildman–Crippen MR) is 81.7 cm³/mol. The van der Waals surface area contributed by atoms with Gasteiger partial charge in [0.25, 0.3) is 0 Å². The number of fused-ring (bicyclic) bond motifs is 1. The number of aromatic carboxylic acids is 1. The molecule has 21 heavy (non-hydrogen) atoms. The molecule has 0 bridgehead atoms. The van der Waals surface area contributed by atoms with E-state index >= 15 is 0 Å². The minimum atomic E-state index is -0.848. The maximum atomic E-state index is 11.4. The molecule has 1 atom stereocenters. The van der Waals surface area contributed by atoms with E-state index in [4.69, 9.17) is 0 Å². The molecule has 0 amide bonds. The van der Waals surface area contributed by atoms with E-state index in [2.05, 4.69) is 16.8 Å². The lowest BCUT2D eigenvalue weighted by molar-refractivity contribution is 0.0695. The van der Waals surface area contributed by atoms with E-state index in [1.54, 1.807) is 12.3 Å². The van der Waals surface area contributed by atoms with E-state index < -0.39 is 5.97 Å². The summed E-state index contributed by atoms with van der Waals surface area (Å²) in [6, 6.07) is 11.6. The molecule has 4 heteroatoms. The highest BCUT2D eigenvalue weighted by molar-refractivity contribution is 5.91. The van der Waals surface area contributed by atoms with E-state index in [-0.39, 0.29) is 6.04 Å². The number of pyridine rings is 1. The molecular weight excluding hydrogens is 264 g/mol. The van der Waals surface area contributed by atoms with Crippen LogP contribution in [0.4, 0.5) is 5.69 Å². The topological polar surface area (TPSA) is 53.4 Å². The van der Waals surface area contributed by atoms with Crippen molar-refractivity contribution in [2.75, 3.05) is 11.4 Å². The number of rotatable bonds is 3. The number of carboxylic acids is 1. The van der Waals surface area contributed by atoms with Gasteiger partial charge in [-0.15, -0.1) is 0 Å². The van der Waals surface area contributed by atoms with Crippen molar-refractivity contribution in [3.63, 3.8) is 0 Å². The maximum absolute atomic E-state index is 11.4. The Bertz CT molecular complexity index is 655. The number of carboxylic acid groups (broad SMARTS) is 1. The summed E-state index contributed by atoms with van der Waals surface area (Å²) in [6.45, 7) is 3.04. The predicted octanol–water partition coefficient (Wildman–Crippen LogP) is 3.29. The Hall–Kier alpha value is -2.36. The van der Waals surface area contributed by atoms with Crippen molar-refractivity contribution in [1.82, 2.24) is 4.98 Å². The van der Waals surface area contributed by atoms with Crippen LogP contribution in [0, 0.1) is 0 Å². The maximum Gasteiger partial charge on any atom is 0.336 e. The Morgan fingerprint density at radius 1 is 1.29 bits per heavy atom.